The summed E-state index contributed by atoms with van der Waals surface area (Å²) < 4.78 is 28.1. The molecule has 0 aliphatic carbocycles. The molecule has 0 saturated heterocycles. The number of aliphatic imine (C=N–C) groups is 1. The van der Waals surface area contributed by atoms with Crippen molar-refractivity contribution in [2.45, 2.75) is 18.6 Å². The number of nitrogens with one attached hydrogen (secondary N) is 2. The number of hydrogen-bond donors (Lipinski definition) is 2. The Labute approximate surface area is 163 Å². The summed E-state index contributed by atoms with van der Waals surface area (Å²) >= 11 is 17.9. The van der Waals surface area contributed by atoms with Crippen molar-refractivity contribution in [3.8, 4) is 5.75 Å². The van der Waals surface area contributed by atoms with Crippen LogP contribution in [0.25, 0.3) is 0 Å². The molecular formula is C15H22Cl3N3O3S. The molecule has 1 aromatic carbocycles. The van der Waals surface area contributed by atoms with E-state index in [-0.39, 0.29) is 13.2 Å². The average Bonchev–Trinajstić information content (AvgIpc) is 2.47. The second-order valence-electron chi connectivity index (χ2n) is 5.93. The molecule has 6 nitrogen and oxygen atoms in total. The van der Waals surface area contributed by atoms with Crippen LogP contribution in [0.15, 0.2) is 17.1 Å². The van der Waals surface area contributed by atoms with Crippen LogP contribution in [0.3, 0.4) is 0 Å². The first-order chi connectivity index (χ1) is 11.5. The standard InChI is InChI=1S/C15H22Cl3N3O3S/c1-15(2,25(4,22)23)9-21-14(19-3)20-5-6-24-13-11(17)7-10(16)8-12(13)18/h7-8H,5-6,9H2,1-4H3,(H2,19,20,21). The first kappa shape index (κ1) is 22.2. The first-order valence-corrected chi connectivity index (χ1v) is 10.4. The molecular weight excluding hydrogens is 409 g/mol. The summed E-state index contributed by atoms with van der Waals surface area (Å²) in [5, 5.41) is 7.09. The summed E-state index contributed by atoms with van der Waals surface area (Å²) in [6.45, 7) is 4.21. The van der Waals surface area contributed by atoms with Gasteiger partial charge in [0, 0.05) is 24.9 Å². The van der Waals surface area contributed by atoms with Gasteiger partial charge in [-0.1, -0.05) is 34.8 Å². The van der Waals surface area contributed by atoms with Crippen LogP contribution >= 0.6 is 34.8 Å². The van der Waals surface area contributed by atoms with Gasteiger partial charge in [0.25, 0.3) is 0 Å². The van der Waals surface area contributed by atoms with Crippen molar-refractivity contribution in [3.63, 3.8) is 0 Å². The van der Waals surface area contributed by atoms with E-state index in [0.29, 0.717) is 33.3 Å². The lowest BCUT2D eigenvalue weighted by Gasteiger charge is -2.24. The molecule has 0 saturated carbocycles. The van der Waals surface area contributed by atoms with Gasteiger partial charge in [0.05, 0.1) is 21.3 Å². The largest absolute Gasteiger partial charge is 0.489 e. The number of hydrogen-bond acceptors (Lipinski definition) is 4. The maximum Gasteiger partial charge on any atom is 0.191 e. The zero-order valence-electron chi connectivity index (χ0n) is 14.5. The predicted octanol–water partition coefficient (Wildman–Crippen LogP) is 3.01. The molecule has 0 fully saturated rings. The van der Waals surface area contributed by atoms with E-state index < -0.39 is 14.6 Å². The molecule has 1 aromatic rings. The van der Waals surface area contributed by atoms with Crippen LogP contribution in [-0.2, 0) is 9.84 Å². The molecule has 0 atom stereocenters. The third-order valence-electron chi connectivity index (χ3n) is 3.51. The molecule has 0 spiro atoms. The van der Waals surface area contributed by atoms with Gasteiger partial charge < -0.3 is 15.4 Å². The summed E-state index contributed by atoms with van der Waals surface area (Å²) in [5.74, 6) is 0.823. The van der Waals surface area contributed by atoms with E-state index in [1.165, 1.54) is 6.26 Å². The van der Waals surface area contributed by atoms with Crippen molar-refractivity contribution in [2.75, 3.05) is 33.0 Å². The number of rotatable bonds is 7. The maximum absolute atomic E-state index is 11.7. The quantitative estimate of drug-likeness (QED) is 0.395. The fourth-order valence-corrected chi connectivity index (χ4v) is 2.90. The lowest BCUT2D eigenvalue weighted by atomic mass is 10.2. The molecule has 0 aliphatic rings. The Bertz CT molecular complexity index is 714. The molecule has 0 radical (unpaired) electrons. The molecule has 142 valence electrons. The lowest BCUT2D eigenvalue weighted by Crippen LogP contribution is -2.48. The molecule has 0 heterocycles. The van der Waals surface area contributed by atoms with Gasteiger partial charge in [-0.15, -0.1) is 0 Å². The van der Waals surface area contributed by atoms with Gasteiger partial charge >= 0.3 is 0 Å². The number of sulfone groups is 1. The van der Waals surface area contributed by atoms with Crippen LogP contribution in [0.5, 0.6) is 5.75 Å². The van der Waals surface area contributed by atoms with Crippen LogP contribution < -0.4 is 15.4 Å². The Hall–Kier alpha value is -0.890. The number of ether oxygens (including phenoxy) is 1. The highest BCUT2D eigenvalue weighted by Crippen LogP contribution is 2.35. The highest BCUT2D eigenvalue weighted by atomic mass is 35.5. The van der Waals surface area contributed by atoms with E-state index in [9.17, 15) is 8.42 Å². The molecule has 25 heavy (non-hydrogen) atoms. The Kier molecular flexibility index (Phi) is 8.12. The summed E-state index contributed by atoms with van der Waals surface area (Å²) in [6, 6.07) is 3.09. The third kappa shape index (κ3) is 6.73. The number of nitrogens with zero attached hydrogens (tertiary/aromatic N) is 1. The third-order valence-corrected chi connectivity index (χ3v) is 6.44. The summed E-state index contributed by atoms with van der Waals surface area (Å²) in [6.07, 6.45) is 1.21. The number of halogens is 3. The van der Waals surface area contributed by atoms with Crippen molar-refractivity contribution in [2.24, 2.45) is 4.99 Å². The Balaban J connectivity index is 2.50. The van der Waals surface area contributed by atoms with E-state index in [2.05, 4.69) is 15.6 Å². The molecule has 0 aliphatic heterocycles. The van der Waals surface area contributed by atoms with Gasteiger partial charge in [0.1, 0.15) is 6.61 Å². The second-order valence-corrected chi connectivity index (χ2v) is 9.83. The number of benzene rings is 1. The Morgan fingerprint density at radius 2 is 1.76 bits per heavy atom. The molecule has 10 heteroatoms. The van der Waals surface area contributed by atoms with E-state index in [1.54, 1.807) is 33.0 Å². The molecule has 1 rings (SSSR count). The van der Waals surface area contributed by atoms with E-state index in [4.69, 9.17) is 39.5 Å². The minimum absolute atomic E-state index is 0.223. The average molecular weight is 431 g/mol. The van der Waals surface area contributed by atoms with Crippen LogP contribution in [0.1, 0.15) is 13.8 Å². The SMILES string of the molecule is CN=C(NCCOc1c(Cl)cc(Cl)cc1Cl)NCC(C)(C)S(C)(=O)=O. The van der Waals surface area contributed by atoms with Crippen molar-refractivity contribution >= 4 is 50.6 Å². The number of guanidine groups is 1. The fraction of sp³-hybridized carbons (Fsp3) is 0.533. The van der Waals surface area contributed by atoms with Crippen LogP contribution in [0.4, 0.5) is 0 Å². The van der Waals surface area contributed by atoms with Crippen molar-refractivity contribution in [1.29, 1.82) is 0 Å². The van der Waals surface area contributed by atoms with Crippen molar-refractivity contribution in [1.82, 2.24) is 10.6 Å². The van der Waals surface area contributed by atoms with E-state index >= 15 is 0 Å². The van der Waals surface area contributed by atoms with Crippen LogP contribution in [0, 0.1) is 0 Å². The van der Waals surface area contributed by atoms with Gasteiger partial charge in [0.2, 0.25) is 0 Å². The van der Waals surface area contributed by atoms with Gasteiger partial charge in [-0.2, -0.15) is 0 Å². The first-order valence-electron chi connectivity index (χ1n) is 7.39. The topological polar surface area (TPSA) is 79.8 Å². The summed E-state index contributed by atoms with van der Waals surface area (Å²) in [5.41, 5.74) is 0. The van der Waals surface area contributed by atoms with E-state index in [1.807, 2.05) is 0 Å². The fourth-order valence-electron chi connectivity index (χ4n) is 1.64. The van der Waals surface area contributed by atoms with Crippen molar-refractivity contribution < 1.29 is 13.2 Å². The normalized spacial score (nSPS) is 12.8. The summed E-state index contributed by atoms with van der Waals surface area (Å²) in [7, 11) is -1.60. The monoisotopic (exact) mass is 429 g/mol. The van der Waals surface area contributed by atoms with Gasteiger partial charge in [-0.3, -0.25) is 4.99 Å². The zero-order chi connectivity index (χ0) is 19.3. The molecule has 0 unspecified atom stereocenters. The minimum atomic E-state index is -3.19. The predicted molar refractivity (Wildman–Crippen MR) is 105 cm³/mol. The smallest absolute Gasteiger partial charge is 0.191 e. The van der Waals surface area contributed by atoms with Gasteiger partial charge in [0.15, 0.2) is 21.5 Å². The van der Waals surface area contributed by atoms with Crippen LogP contribution in [-0.4, -0.2) is 52.1 Å². The molecule has 2 N–H and O–H groups in total. The molecule has 0 amide bonds. The lowest BCUT2D eigenvalue weighted by molar-refractivity contribution is 0.322. The van der Waals surface area contributed by atoms with E-state index in [0.717, 1.165) is 0 Å². The van der Waals surface area contributed by atoms with Crippen LogP contribution in [0.2, 0.25) is 15.1 Å². The Morgan fingerprint density at radius 1 is 1.20 bits per heavy atom. The highest BCUT2D eigenvalue weighted by molar-refractivity contribution is 7.92. The highest BCUT2D eigenvalue weighted by Gasteiger charge is 2.30. The van der Waals surface area contributed by atoms with Gasteiger partial charge in [-0.05, 0) is 26.0 Å². The summed E-state index contributed by atoms with van der Waals surface area (Å²) in [4.78, 5) is 4.04. The molecule has 0 bridgehead atoms. The van der Waals surface area contributed by atoms with Gasteiger partial charge in [-0.25, -0.2) is 8.42 Å². The molecule has 0 aromatic heterocycles. The Morgan fingerprint density at radius 3 is 2.24 bits per heavy atom. The van der Waals surface area contributed by atoms with Crippen molar-refractivity contribution in [3.05, 3.63) is 27.2 Å². The maximum atomic E-state index is 11.7. The zero-order valence-corrected chi connectivity index (χ0v) is 17.6. The minimum Gasteiger partial charge on any atom is -0.489 e. The second kappa shape index (κ2) is 9.16.